The average Bonchev–Trinajstić information content (AvgIpc) is 2.54. The van der Waals surface area contributed by atoms with E-state index < -0.39 is 16.8 Å². The molecule has 5 unspecified atom stereocenters. The van der Waals surface area contributed by atoms with E-state index in [1.165, 1.54) is 0 Å². The van der Waals surface area contributed by atoms with Crippen molar-refractivity contribution < 1.29 is 19.7 Å². The van der Waals surface area contributed by atoms with E-state index in [9.17, 15) is 15.0 Å². The van der Waals surface area contributed by atoms with Crippen LogP contribution in [-0.2, 0) is 9.53 Å². The molecule has 4 saturated carbocycles. The van der Waals surface area contributed by atoms with Crippen molar-refractivity contribution in [1.29, 1.82) is 0 Å². The molecule has 24 heavy (non-hydrogen) atoms. The molecule has 4 rings (SSSR count). The number of ether oxygens (including phenoxy) is 1. The number of rotatable bonds is 5. The van der Waals surface area contributed by atoms with Crippen LogP contribution in [0, 0.1) is 23.7 Å². The fourth-order valence-corrected chi connectivity index (χ4v) is 5.83. The third-order valence-electron chi connectivity index (χ3n) is 6.46. The van der Waals surface area contributed by atoms with Crippen LogP contribution in [0.15, 0.2) is 0 Å². The number of esters is 1. The molecule has 0 aromatic carbocycles. The van der Waals surface area contributed by atoms with E-state index >= 15 is 0 Å². The van der Waals surface area contributed by atoms with Gasteiger partial charge in [0, 0.05) is 19.3 Å². The van der Waals surface area contributed by atoms with Crippen LogP contribution in [-0.4, -0.2) is 33.0 Å². The molecule has 4 nitrogen and oxygen atoms in total. The Hall–Kier alpha value is -0.610. The second-order valence-corrected chi connectivity index (χ2v) is 9.88. The molecule has 0 heterocycles. The van der Waals surface area contributed by atoms with Crippen molar-refractivity contribution >= 4 is 5.97 Å². The Bertz CT molecular complexity index is 500. The van der Waals surface area contributed by atoms with Crippen molar-refractivity contribution in [3.8, 4) is 0 Å². The Morgan fingerprint density at radius 2 is 1.75 bits per heavy atom. The molecule has 0 amide bonds. The van der Waals surface area contributed by atoms with E-state index in [0.29, 0.717) is 31.1 Å². The van der Waals surface area contributed by atoms with Gasteiger partial charge in [-0.3, -0.25) is 4.79 Å². The molecule has 2 N–H and O–H groups in total. The fourth-order valence-electron chi connectivity index (χ4n) is 5.83. The lowest BCUT2D eigenvalue weighted by atomic mass is 9.61. The summed E-state index contributed by atoms with van der Waals surface area (Å²) in [5.74, 6) is 0.798. The maximum atomic E-state index is 12.9. The summed E-state index contributed by atoms with van der Waals surface area (Å²) in [7, 11) is 0. The monoisotopic (exact) mass is 338 g/mol. The first-order chi connectivity index (χ1) is 11.0. The summed E-state index contributed by atoms with van der Waals surface area (Å²) in [6.07, 6.45) is 5.45. The Labute approximate surface area is 146 Å². The zero-order valence-corrected chi connectivity index (χ0v) is 15.7. The summed E-state index contributed by atoms with van der Waals surface area (Å²) < 4.78 is 6.13. The van der Waals surface area contributed by atoms with E-state index in [1.54, 1.807) is 0 Å². The lowest BCUT2D eigenvalue weighted by Crippen LogP contribution is -2.60. The number of hydrogen-bond donors (Lipinski definition) is 2. The molecule has 0 aromatic heterocycles. The Balaban J connectivity index is 1.82. The Morgan fingerprint density at radius 1 is 1.08 bits per heavy atom. The predicted molar refractivity (Wildman–Crippen MR) is 92.3 cm³/mol. The van der Waals surface area contributed by atoms with E-state index in [0.717, 1.165) is 32.1 Å². The summed E-state index contributed by atoms with van der Waals surface area (Å²) in [4.78, 5) is 12.9. The maximum Gasteiger partial charge on any atom is 0.309 e. The molecule has 4 fully saturated rings. The van der Waals surface area contributed by atoms with Crippen LogP contribution in [0.2, 0.25) is 0 Å². The zero-order chi connectivity index (χ0) is 17.8. The van der Waals surface area contributed by atoms with Crippen LogP contribution in [0.5, 0.6) is 0 Å². The molecular weight excluding hydrogens is 304 g/mol. The smallest absolute Gasteiger partial charge is 0.309 e. The molecule has 0 radical (unpaired) electrons. The molecule has 0 spiro atoms. The van der Waals surface area contributed by atoms with Gasteiger partial charge in [-0.25, -0.2) is 0 Å². The minimum absolute atomic E-state index is 0.108. The first kappa shape index (κ1) is 18.2. The molecule has 4 aliphatic rings. The summed E-state index contributed by atoms with van der Waals surface area (Å²) >= 11 is 0. The molecule has 4 aliphatic carbocycles. The third kappa shape index (κ3) is 3.50. The first-order valence-corrected chi connectivity index (χ1v) is 9.71. The lowest BCUT2D eigenvalue weighted by Gasteiger charge is -2.54. The number of fused-ring (bicyclic) bond motifs is 1. The molecule has 4 heteroatoms. The number of carbonyl (C=O) groups is 1. The SMILES string of the molecule is CC(C)CC(C(=O)OC12CC3CCC(O)(CC(O)(C3)C1)C2)C(C)C. The minimum atomic E-state index is -0.871. The molecule has 4 bridgehead atoms. The van der Waals surface area contributed by atoms with Gasteiger partial charge < -0.3 is 14.9 Å². The lowest BCUT2D eigenvalue weighted by molar-refractivity contribution is -0.220. The normalized spacial score (nSPS) is 42.4. The average molecular weight is 338 g/mol. The van der Waals surface area contributed by atoms with Crippen LogP contribution in [0.25, 0.3) is 0 Å². The highest BCUT2D eigenvalue weighted by molar-refractivity contribution is 5.73. The van der Waals surface area contributed by atoms with Crippen LogP contribution < -0.4 is 0 Å². The van der Waals surface area contributed by atoms with Crippen LogP contribution >= 0.6 is 0 Å². The highest BCUT2D eigenvalue weighted by Gasteiger charge is 2.62. The molecule has 0 aliphatic heterocycles. The van der Waals surface area contributed by atoms with Crippen molar-refractivity contribution in [2.75, 3.05) is 0 Å². The predicted octanol–water partition coefficient (Wildman–Crippen LogP) is 3.44. The second kappa shape index (κ2) is 5.98. The molecule has 138 valence electrons. The summed E-state index contributed by atoms with van der Waals surface area (Å²) in [6.45, 7) is 8.40. The topological polar surface area (TPSA) is 66.8 Å². The minimum Gasteiger partial charge on any atom is -0.459 e. The van der Waals surface area contributed by atoms with Crippen molar-refractivity contribution in [3.05, 3.63) is 0 Å². The highest BCUT2D eigenvalue weighted by atomic mass is 16.6. The Kier molecular flexibility index (Phi) is 4.53. The van der Waals surface area contributed by atoms with Crippen molar-refractivity contribution in [2.45, 2.75) is 95.9 Å². The quantitative estimate of drug-likeness (QED) is 0.754. The molecular formula is C20H34O4. The van der Waals surface area contributed by atoms with Crippen molar-refractivity contribution in [2.24, 2.45) is 23.7 Å². The standard InChI is InChI=1S/C20H34O4/c1-13(2)7-16(14(3)4)17(21)24-20-9-15-5-6-18(22,11-20)10-19(23,8-15)12-20/h13-16,22-23H,5-12H2,1-4H3. The summed E-state index contributed by atoms with van der Waals surface area (Å²) in [5, 5.41) is 21.9. The number of hydrogen-bond acceptors (Lipinski definition) is 4. The van der Waals surface area contributed by atoms with Gasteiger partial charge in [0.25, 0.3) is 0 Å². The van der Waals surface area contributed by atoms with Gasteiger partial charge in [0.05, 0.1) is 17.1 Å². The van der Waals surface area contributed by atoms with Crippen LogP contribution in [0.1, 0.15) is 79.1 Å². The summed E-state index contributed by atoms with van der Waals surface area (Å²) in [6, 6.07) is 0. The van der Waals surface area contributed by atoms with Crippen molar-refractivity contribution in [3.63, 3.8) is 0 Å². The molecule has 0 aromatic rings. The summed E-state index contributed by atoms with van der Waals surface area (Å²) in [5.41, 5.74) is -2.40. The van der Waals surface area contributed by atoms with Crippen LogP contribution in [0.4, 0.5) is 0 Å². The van der Waals surface area contributed by atoms with Gasteiger partial charge in [0.15, 0.2) is 0 Å². The number of aliphatic hydroxyl groups is 2. The van der Waals surface area contributed by atoms with Gasteiger partial charge in [-0.05, 0) is 49.9 Å². The van der Waals surface area contributed by atoms with E-state index in [-0.39, 0.29) is 17.8 Å². The zero-order valence-electron chi connectivity index (χ0n) is 15.7. The second-order valence-electron chi connectivity index (χ2n) is 9.88. The van der Waals surface area contributed by atoms with Gasteiger partial charge in [0.2, 0.25) is 0 Å². The fraction of sp³-hybridized carbons (Fsp3) is 0.950. The largest absolute Gasteiger partial charge is 0.459 e. The van der Waals surface area contributed by atoms with E-state index in [4.69, 9.17) is 4.74 Å². The number of carbonyl (C=O) groups excluding carboxylic acids is 1. The van der Waals surface area contributed by atoms with Gasteiger partial charge in [-0.15, -0.1) is 0 Å². The van der Waals surface area contributed by atoms with Gasteiger partial charge in [0.1, 0.15) is 5.60 Å². The first-order valence-electron chi connectivity index (χ1n) is 9.71. The Morgan fingerprint density at radius 3 is 2.38 bits per heavy atom. The van der Waals surface area contributed by atoms with Crippen molar-refractivity contribution in [1.82, 2.24) is 0 Å². The maximum absolute atomic E-state index is 12.9. The van der Waals surface area contributed by atoms with Gasteiger partial charge >= 0.3 is 5.97 Å². The van der Waals surface area contributed by atoms with Crippen LogP contribution in [0.3, 0.4) is 0 Å². The highest BCUT2D eigenvalue weighted by Crippen LogP contribution is 2.58. The molecule has 5 atom stereocenters. The molecule has 0 saturated heterocycles. The van der Waals surface area contributed by atoms with Gasteiger partial charge in [-0.1, -0.05) is 27.7 Å². The van der Waals surface area contributed by atoms with E-state index in [1.807, 2.05) is 0 Å². The van der Waals surface area contributed by atoms with Gasteiger partial charge in [-0.2, -0.15) is 0 Å². The van der Waals surface area contributed by atoms with E-state index in [2.05, 4.69) is 27.7 Å². The third-order valence-corrected chi connectivity index (χ3v) is 6.46.